The maximum atomic E-state index is 11.0. The molecule has 4 fully saturated rings. The standard InChI is InChI=1S/C21H35BrO/c1-13-7-9-19(2)14(11-13)5-6-15-16(19)8-10-20(3)17(15)12-21(4,22)18(20)23/h13-18,23H,5-12H2,1-4H3/t13?,14?,15-,16-,17+,18?,19+,20+,21?/m1/s1. The number of halogens is 1. The van der Waals surface area contributed by atoms with Crippen molar-refractivity contribution in [3.63, 3.8) is 0 Å². The van der Waals surface area contributed by atoms with Crippen molar-refractivity contribution in [1.82, 2.24) is 0 Å². The first-order valence-electron chi connectivity index (χ1n) is 10.1. The first-order chi connectivity index (χ1) is 10.7. The Kier molecular flexibility index (Phi) is 3.83. The SMILES string of the molecule is CC1CC[C@@]2(C)C(CC[C@@H]3[C@H]2CC[C@]2(C)C(O)C(C)(Br)C[C@@H]32)C1. The topological polar surface area (TPSA) is 20.2 Å². The van der Waals surface area contributed by atoms with Crippen molar-refractivity contribution in [2.75, 3.05) is 0 Å². The highest BCUT2D eigenvalue weighted by molar-refractivity contribution is 9.10. The quantitative estimate of drug-likeness (QED) is 0.525. The summed E-state index contributed by atoms with van der Waals surface area (Å²) in [5, 5.41) is 11.0. The summed E-state index contributed by atoms with van der Waals surface area (Å²) in [5.41, 5.74) is 0.734. The molecule has 0 heterocycles. The van der Waals surface area contributed by atoms with Gasteiger partial charge in [-0.3, -0.25) is 0 Å². The highest BCUT2D eigenvalue weighted by Crippen LogP contribution is 2.68. The van der Waals surface area contributed by atoms with E-state index in [9.17, 15) is 5.11 Å². The van der Waals surface area contributed by atoms with Gasteiger partial charge in [0.2, 0.25) is 0 Å². The monoisotopic (exact) mass is 382 g/mol. The molecule has 4 saturated carbocycles. The van der Waals surface area contributed by atoms with Gasteiger partial charge in [0.15, 0.2) is 0 Å². The van der Waals surface area contributed by atoms with Crippen LogP contribution in [0.2, 0.25) is 0 Å². The molecular formula is C21H35BrO. The van der Waals surface area contributed by atoms with Gasteiger partial charge in [0.05, 0.1) is 6.10 Å². The van der Waals surface area contributed by atoms with Gasteiger partial charge in [0.25, 0.3) is 0 Å². The number of aliphatic hydroxyl groups is 1. The van der Waals surface area contributed by atoms with Gasteiger partial charge < -0.3 is 5.11 Å². The first kappa shape index (κ1) is 16.9. The molecule has 1 nitrogen and oxygen atoms in total. The lowest BCUT2D eigenvalue weighted by Gasteiger charge is -2.60. The van der Waals surface area contributed by atoms with Gasteiger partial charge in [-0.2, -0.15) is 0 Å². The van der Waals surface area contributed by atoms with Gasteiger partial charge in [-0.1, -0.05) is 43.1 Å². The van der Waals surface area contributed by atoms with Crippen LogP contribution in [0.5, 0.6) is 0 Å². The fraction of sp³-hybridized carbons (Fsp3) is 1.00. The Hall–Kier alpha value is 0.440. The van der Waals surface area contributed by atoms with E-state index in [1.54, 1.807) is 0 Å². The number of hydrogen-bond acceptors (Lipinski definition) is 1. The van der Waals surface area contributed by atoms with Crippen LogP contribution in [-0.2, 0) is 0 Å². The van der Waals surface area contributed by atoms with Crippen molar-refractivity contribution >= 4 is 15.9 Å². The van der Waals surface area contributed by atoms with E-state index in [2.05, 4.69) is 43.6 Å². The number of aliphatic hydroxyl groups excluding tert-OH is 1. The van der Waals surface area contributed by atoms with Gasteiger partial charge in [-0.15, -0.1) is 0 Å². The van der Waals surface area contributed by atoms with Crippen molar-refractivity contribution < 1.29 is 5.11 Å². The van der Waals surface area contributed by atoms with Crippen LogP contribution in [0, 0.1) is 40.4 Å². The Labute approximate surface area is 151 Å². The molecule has 0 aromatic heterocycles. The van der Waals surface area contributed by atoms with Crippen molar-refractivity contribution in [3.8, 4) is 0 Å². The van der Waals surface area contributed by atoms with E-state index in [1.165, 1.54) is 51.4 Å². The maximum absolute atomic E-state index is 11.0. The van der Waals surface area contributed by atoms with Crippen molar-refractivity contribution in [2.24, 2.45) is 40.4 Å². The van der Waals surface area contributed by atoms with Crippen LogP contribution in [0.3, 0.4) is 0 Å². The van der Waals surface area contributed by atoms with Gasteiger partial charge in [-0.05, 0) is 92.3 Å². The second-order valence-corrected chi connectivity index (χ2v) is 12.3. The third-order valence-electron chi connectivity index (χ3n) is 9.18. The van der Waals surface area contributed by atoms with Crippen molar-refractivity contribution in [2.45, 2.75) is 89.5 Å². The second-order valence-electron chi connectivity index (χ2n) is 10.5. The third-order valence-corrected chi connectivity index (χ3v) is 9.94. The van der Waals surface area contributed by atoms with Crippen molar-refractivity contribution in [3.05, 3.63) is 0 Å². The Morgan fingerprint density at radius 3 is 2.35 bits per heavy atom. The molecule has 4 aliphatic rings. The molecule has 0 radical (unpaired) electrons. The summed E-state index contributed by atoms with van der Waals surface area (Å²) in [7, 11) is 0. The zero-order valence-corrected chi connectivity index (χ0v) is 17.0. The summed E-state index contributed by atoms with van der Waals surface area (Å²) in [6, 6.07) is 0. The average molecular weight is 383 g/mol. The summed E-state index contributed by atoms with van der Waals surface area (Å²) in [6.45, 7) is 9.73. The number of hydrogen-bond donors (Lipinski definition) is 1. The Morgan fingerprint density at radius 1 is 0.913 bits per heavy atom. The van der Waals surface area contributed by atoms with Gasteiger partial charge in [0.1, 0.15) is 0 Å². The molecular weight excluding hydrogens is 348 g/mol. The van der Waals surface area contributed by atoms with Gasteiger partial charge >= 0.3 is 0 Å². The molecule has 4 rings (SSSR count). The molecule has 9 atom stereocenters. The van der Waals surface area contributed by atoms with E-state index < -0.39 is 0 Å². The zero-order valence-electron chi connectivity index (χ0n) is 15.4. The zero-order chi connectivity index (χ0) is 16.6. The van der Waals surface area contributed by atoms with Gasteiger partial charge in [0, 0.05) is 4.32 Å². The van der Waals surface area contributed by atoms with Crippen LogP contribution in [0.1, 0.15) is 79.1 Å². The van der Waals surface area contributed by atoms with Gasteiger partial charge in [-0.25, -0.2) is 0 Å². The summed E-state index contributed by atoms with van der Waals surface area (Å²) >= 11 is 3.89. The highest BCUT2D eigenvalue weighted by Gasteiger charge is 2.64. The Bertz CT molecular complexity index is 488. The van der Waals surface area contributed by atoms with Crippen LogP contribution < -0.4 is 0 Å². The molecule has 0 bridgehead atoms. The van der Waals surface area contributed by atoms with E-state index in [0.717, 1.165) is 29.6 Å². The lowest BCUT2D eigenvalue weighted by molar-refractivity contribution is -0.126. The molecule has 4 unspecified atom stereocenters. The molecule has 0 aliphatic heterocycles. The van der Waals surface area contributed by atoms with E-state index in [1.807, 2.05) is 0 Å². The van der Waals surface area contributed by atoms with E-state index in [0.29, 0.717) is 5.41 Å². The summed E-state index contributed by atoms with van der Waals surface area (Å²) in [5.74, 6) is 4.41. The normalized spacial score (nSPS) is 62.3. The fourth-order valence-corrected chi connectivity index (χ4v) is 8.65. The lowest BCUT2D eigenvalue weighted by Crippen LogP contribution is -2.54. The van der Waals surface area contributed by atoms with E-state index in [-0.39, 0.29) is 15.8 Å². The predicted molar refractivity (Wildman–Crippen MR) is 99.6 cm³/mol. The number of fused-ring (bicyclic) bond motifs is 5. The lowest BCUT2D eigenvalue weighted by atomic mass is 9.44. The number of alkyl halides is 1. The second kappa shape index (κ2) is 5.22. The van der Waals surface area contributed by atoms with E-state index >= 15 is 0 Å². The molecule has 23 heavy (non-hydrogen) atoms. The average Bonchev–Trinajstić information content (AvgIpc) is 2.68. The van der Waals surface area contributed by atoms with Crippen LogP contribution in [0.4, 0.5) is 0 Å². The Morgan fingerprint density at radius 2 is 1.61 bits per heavy atom. The van der Waals surface area contributed by atoms with E-state index in [4.69, 9.17) is 0 Å². The molecule has 0 spiro atoms. The predicted octanol–water partition coefficient (Wildman–Crippen LogP) is 5.79. The number of rotatable bonds is 0. The third kappa shape index (κ3) is 2.26. The minimum atomic E-state index is -0.183. The molecule has 1 N–H and O–H groups in total. The molecule has 0 aromatic rings. The first-order valence-corrected chi connectivity index (χ1v) is 10.8. The maximum Gasteiger partial charge on any atom is 0.0746 e. The highest BCUT2D eigenvalue weighted by atomic mass is 79.9. The molecule has 2 heteroatoms. The smallest absolute Gasteiger partial charge is 0.0746 e. The molecule has 132 valence electrons. The fourth-order valence-electron chi connectivity index (χ4n) is 7.77. The largest absolute Gasteiger partial charge is 0.391 e. The summed E-state index contributed by atoms with van der Waals surface area (Å²) in [4.78, 5) is 0. The van der Waals surface area contributed by atoms with Crippen LogP contribution in [0.15, 0.2) is 0 Å². The summed E-state index contributed by atoms with van der Waals surface area (Å²) < 4.78 is -0.0693. The molecule has 0 amide bonds. The van der Waals surface area contributed by atoms with Crippen LogP contribution in [0.25, 0.3) is 0 Å². The minimum Gasteiger partial charge on any atom is -0.391 e. The molecule has 0 aromatic carbocycles. The Balaban J connectivity index is 1.65. The minimum absolute atomic E-state index is 0.0693. The molecule has 4 aliphatic carbocycles. The molecule has 0 saturated heterocycles. The summed E-state index contributed by atoms with van der Waals surface area (Å²) in [6.07, 6.45) is 10.8. The van der Waals surface area contributed by atoms with Crippen molar-refractivity contribution in [1.29, 1.82) is 0 Å². The van der Waals surface area contributed by atoms with Crippen LogP contribution in [-0.4, -0.2) is 15.5 Å². The van der Waals surface area contributed by atoms with Crippen LogP contribution >= 0.6 is 15.9 Å².